The Balaban J connectivity index is 2.44. The summed E-state index contributed by atoms with van der Waals surface area (Å²) >= 11 is 0. The first kappa shape index (κ1) is 14.0. The smallest absolute Gasteiger partial charge is 0.319 e. The molecule has 1 aromatic rings. The number of carbonyl (C=O) groups excluding carboxylic acids is 2. The van der Waals surface area contributed by atoms with E-state index in [-0.39, 0.29) is 6.03 Å². The van der Waals surface area contributed by atoms with Gasteiger partial charge in [-0.25, -0.2) is 4.79 Å². The molecule has 0 heterocycles. The van der Waals surface area contributed by atoms with E-state index in [4.69, 9.17) is 5.73 Å². The van der Waals surface area contributed by atoms with Crippen LogP contribution in [0.1, 0.15) is 36.5 Å². The highest BCUT2D eigenvalue weighted by molar-refractivity contribution is 5.95. The molecular formula is C13H19N3O2. The number of carbonyl (C=O) groups is 2. The third kappa shape index (κ3) is 4.86. The Labute approximate surface area is 107 Å². The van der Waals surface area contributed by atoms with Crippen LogP contribution in [-0.2, 0) is 0 Å². The van der Waals surface area contributed by atoms with Gasteiger partial charge >= 0.3 is 6.03 Å². The van der Waals surface area contributed by atoms with Crippen molar-refractivity contribution in [3.05, 3.63) is 29.8 Å². The van der Waals surface area contributed by atoms with E-state index in [1.807, 2.05) is 0 Å². The number of hydrogen-bond acceptors (Lipinski definition) is 2. The SMILES string of the molecule is CCCCCNC(=O)Nc1cccc(C(N)=O)c1. The normalized spacial score (nSPS) is 9.83. The number of amides is 3. The van der Waals surface area contributed by atoms with Gasteiger partial charge in [-0.1, -0.05) is 25.8 Å². The highest BCUT2D eigenvalue weighted by atomic mass is 16.2. The van der Waals surface area contributed by atoms with Gasteiger partial charge in [0.15, 0.2) is 0 Å². The summed E-state index contributed by atoms with van der Waals surface area (Å²) in [6.45, 7) is 2.75. The van der Waals surface area contributed by atoms with E-state index in [0.717, 1.165) is 19.3 Å². The summed E-state index contributed by atoms with van der Waals surface area (Å²) in [7, 11) is 0. The van der Waals surface area contributed by atoms with Crippen molar-refractivity contribution in [2.24, 2.45) is 5.73 Å². The predicted molar refractivity (Wildman–Crippen MR) is 71.5 cm³/mol. The summed E-state index contributed by atoms with van der Waals surface area (Å²) in [5, 5.41) is 5.40. The zero-order valence-corrected chi connectivity index (χ0v) is 10.5. The maximum atomic E-state index is 11.5. The fourth-order valence-electron chi connectivity index (χ4n) is 1.50. The van der Waals surface area contributed by atoms with E-state index < -0.39 is 5.91 Å². The minimum atomic E-state index is -0.512. The van der Waals surface area contributed by atoms with Crippen molar-refractivity contribution in [1.82, 2.24) is 5.32 Å². The van der Waals surface area contributed by atoms with Gasteiger partial charge < -0.3 is 16.4 Å². The van der Waals surface area contributed by atoms with Gasteiger partial charge in [0.05, 0.1) is 0 Å². The van der Waals surface area contributed by atoms with Gasteiger partial charge in [-0.05, 0) is 24.6 Å². The van der Waals surface area contributed by atoms with Crippen molar-refractivity contribution in [3.8, 4) is 0 Å². The Hall–Kier alpha value is -2.04. The van der Waals surface area contributed by atoms with E-state index >= 15 is 0 Å². The molecule has 0 atom stereocenters. The van der Waals surface area contributed by atoms with Gasteiger partial charge in [-0.15, -0.1) is 0 Å². The molecule has 0 bridgehead atoms. The first-order chi connectivity index (χ1) is 8.63. The molecule has 0 aliphatic heterocycles. The minimum Gasteiger partial charge on any atom is -0.366 e. The molecule has 5 nitrogen and oxygen atoms in total. The van der Waals surface area contributed by atoms with E-state index in [1.165, 1.54) is 0 Å². The fraction of sp³-hybridized carbons (Fsp3) is 0.385. The van der Waals surface area contributed by atoms with E-state index in [0.29, 0.717) is 17.8 Å². The van der Waals surface area contributed by atoms with Gasteiger partial charge in [0.1, 0.15) is 0 Å². The zero-order valence-electron chi connectivity index (χ0n) is 10.5. The highest BCUT2D eigenvalue weighted by Crippen LogP contribution is 2.09. The van der Waals surface area contributed by atoms with Crippen LogP contribution in [0.15, 0.2) is 24.3 Å². The number of urea groups is 1. The van der Waals surface area contributed by atoms with Crippen molar-refractivity contribution in [1.29, 1.82) is 0 Å². The number of nitrogens with two attached hydrogens (primary N) is 1. The number of anilines is 1. The van der Waals surface area contributed by atoms with Crippen molar-refractivity contribution < 1.29 is 9.59 Å². The lowest BCUT2D eigenvalue weighted by atomic mass is 10.2. The minimum absolute atomic E-state index is 0.271. The molecule has 0 spiro atoms. The van der Waals surface area contributed by atoms with Gasteiger partial charge in [0.2, 0.25) is 5.91 Å². The van der Waals surface area contributed by atoms with Crippen LogP contribution in [-0.4, -0.2) is 18.5 Å². The Bertz CT molecular complexity index is 418. The Kier molecular flexibility index (Phi) is 5.70. The van der Waals surface area contributed by atoms with Crippen LogP contribution in [0, 0.1) is 0 Å². The van der Waals surface area contributed by atoms with E-state index in [2.05, 4.69) is 17.6 Å². The summed E-state index contributed by atoms with van der Waals surface area (Å²) in [6, 6.07) is 6.26. The van der Waals surface area contributed by atoms with Crippen LogP contribution < -0.4 is 16.4 Å². The largest absolute Gasteiger partial charge is 0.366 e. The molecular weight excluding hydrogens is 230 g/mol. The molecule has 1 rings (SSSR count). The molecule has 1 aromatic carbocycles. The van der Waals surface area contributed by atoms with Crippen molar-refractivity contribution in [2.75, 3.05) is 11.9 Å². The molecule has 5 heteroatoms. The lowest BCUT2D eigenvalue weighted by molar-refractivity contribution is 0.100. The molecule has 0 saturated carbocycles. The maximum Gasteiger partial charge on any atom is 0.319 e. The average molecular weight is 249 g/mol. The van der Waals surface area contributed by atoms with E-state index in [9.17, 15) is 9.59 Å². The summed E-state index contributed by atoms with van der Waals surface area (Å²) in [4.78, 5) is 22.5. The average Bonchev–Trinajstić information content (AvgIpc) is 2.35. The summed E-state index contributed by atoms with van der Waals surface area (Å²) in [6.07, 6.45) is 3.17. The fourth-order valence-corrected chi connectivity index (χ4v) is 1.50. The molecule has 0 aliphatic carbocycles. The highest BCUT2D eigenvalue weighted by Gasteiger charge is 2.04. The Morgan fingerprint density at radius 1 is 1.28 bits per heavy atom. The monoisotopic (exact) mass is 249 g/mol. The van der Waals surface area contributed by atoms with Gasteiger partial charge in [0, 0.05) is 17.8 Å². The second kappa shape index (κ2) is 7.32. The number of unbranched alkanes of at least 4 members (excludes halogenated alkanes) is 2. The third-order valence-corrected chi connectivity index (χ3v) is 2.47. The Morgan fingerprint density at radius 2 is 2.06 bits per heavy atom. The lowest BCUT2D eigenvalue weighted by Crippen LogP contribution is -2.29. The summed E-state index contributed by atoms with van der Waals surface area (Å²) in [5.74, 6) is -0.512. The molecule has 0 aromatic heterocycles. The van der Waals surface area contributed by atoms with Crippen LogP contribution in [0.25, 0.3) is 0 Å². The Morgan fingerprint density at radius 3 is 2.72 bits per heavy atom. The quantitative estimate of drug-likeness (QED) is 0.674. The predicted octanol–water partition coefficient (Wildman–Crippen LogP) is 2.10. The number of hydrogen-bond donors (Lipinski definition) is 3. The van der Waals surface area contributed by atoms with Gasteiger partial charge in [-0.2, -0.15) is 0 Å². The zero-order chi connectivity index (χ0) is 13.4. The van der Waals surface area contributed by atoms with E-state index in [1.54, 1.807) is 24.3 Å². The van der Waals surface area contributed by atoms with Crippen molar-refractivity contribution in [3.63, 3.8) is 0 Å². The molecule has 0 saturated heterocycles. The second-order valence-corrected chi connectivity index (χ2v) is 4.03. The molecule has 18 heavy (non-hydrogen) atoms. The van der Waals surface area contributed by atoms with Gasteiger partial charge in [0.25, 0.3) is 0 Å². The summed E-state index contributed by atoms with van der Waals surface area (Å²) in [5.41, 5.74) is 6.09. The van der Waals surface area contributed by atoms with Crippen molar-refractivity contribution >= 4 is 17.6 Å². The first-order valence-corrected chi connectivity index (χ1v) is 6.08. The van der Waals surface area contributed by atoms with Crippen molar-refractivity contribution in [2.45, 2.75) is 26.2 Å². The first-order valence-electron chi connectivity index (χ1n) is 6.08. The molecule has 0 radical (unpaired) electrons. The van der Waals surface area contributed by atoms with Gasteiger partial charge in [-0.3, -0.25) is 4.79 Å². The molecule has 98 valence electrons. The molecule has 0 unspecified atom stereocenters. The topological polar surface area (TPSA) is 84.2 Å². The standard InChI is InChI=1S/C13H19N3O2/c1-2-3-4-8-15-13(18)16-11-7-5-6-10(9-11)12(14)17/h5-7,9H,2-4,8H2,1H3,(H2,14,17)(H2,15,16,18). The third-order valence-electron chi connectivity index (χ3n) is 2.47. The molecule has 0 fully saturated rings. The lowest BCUT2D eigenvalue weighted by Gasteiger charge is -2.07. The number of benzene rings is 1. The van der Waals surface area contributed by atoms with Crippen LogP contribution >= 0.6 is 0 Å². The number of rotatable bonds is 6. The van der Waals surface area contributed by atoms with Crippen LogP contribution in [0.4, 0.5) is 10.5 Å². The molecule has 3 amide bonds. The number of nitrogens with one attached hydrogen (secondary N) is 2. The van der Waals surface area contributed by atoms with Crippen LogP contribution in [0.2, 0.25) is 0 Å². The molecule has 0 aliphatic rings. The maximum absolute atomic E-state index is 11.5. The molecule has 4 N–H and O–H groups in total. The summed E-state index contributed by atoms with van der Waals surface area (Å²) < 4.78 is 0. The van der Waals surface area contributed by atoms with Crippen LogP contribution in [0.3, 0.4) is 0 Å². The second-order valence-electron chi connectivity index (χ2n) is 4.03. The number of primary amides is 1. The van der Waals surface area contributed by atoms with Crippen LogP contribution in [0.5, 0.6) is 0 Å².